The lowest BCUT2D eigenvalue weighted by atomic mass is 10.1. The third kappa shape index (κ3) is 8.02. The van der Waals surface area contributed by atoms with Crippen LogP contribution in [0.1, 0.15) is 33.3 Å². The van der Waals surface area contributed by atoms with Gasteiger partial charge in [-0.05, 0) is 45.4 Å². The Morgan fingerprint density at radius 1 is 1.18 bits per heavy atom. The number of carbonyl (C=O) groups excluding carboxylic acids is 1. The summed E-state index contributed by atoms with van der Waals surface area (Å²) >= 11 is 3.41. The van der Waals surface area contributed by atoms with Gasteiger partial charge >= 0.3 is 0 Å². The lowest BCUT2D eigenvalue weighted by molar-refractivity contribution is -0.121. The zero-order chi connectivity index (χ0) is 16.6. The minimum absolute atomic E-state index is 0.0539. The number of nitrogens with one attached hydrogen (secondary N) is 3. The molecule has 5 nitrogen and oxygen atoms in total. The highest BCUT2D eigenvalue weighted by atomic mass is 79.9. The molecule has 0 bridgehead atoms. The largest absolute Gasteiger partial charge is 0.357 e. The number of carbonyl (C=O) groups is 1. The van der Waals surface area contributed by atoms with E-state index in [1.807, 2.05) is 52.0 Å². The summed E-state index contributed by atoms with van der Waals surface area (Å²) in [6.45, 7) is 9.36. The Bertz CT molecular complexity index is 506. The highest BCUT2D eigenvalue weighted by Crippen LogP contribution is 2.10. The minimum atomic E-state index is -0.230. The van der Waals surface area contributed by atoms with Gasteiger partial charge in [-0.3, -0.25) is 4.79 Å². The van der Waals surface area contributed by atoms with E-state index < -0.39 is 0 Å². The molecule has 0 aliphatic rings. The Morgan fingerprint density at radius 3 is 2.36 bits per heavy atom. The first-order valence-electron chi connectivity index (χ1n) is 7.38. The fraction of sp³-hybridized carbons (Fsp3) is 0.500. The van der Waals surface area contributed by atoms with Crippen LogP contribution in [0, 0.1) is 0 Å². The van der Waals surface area contributed by atoms with Crippen molar-refractivity contribution in [3.8, 4) is 0 Å². The summed E-state index contributed by atoms with van der Waals surface area (Å²) in [6, 6.07) is 8.01. The third-order valence-electron chi connectivity index (χ3n) is 2.61. The van der Waals surface area contributed by atoms with Gasteiger partial charge in [-0.1, -0.05) is 28.1 Å². The summed E-state index contributed by atoms with van der Waals surface area (Å²) in [5, 5.41) is 9.08. The van der Waals surface area contributed by atoms with Crippen molar-refractivity contribution in [3.05, 3.63) is 34.3 Å². The monoisotopic (exact) mass is 368 g/mol. The first kappa shape index (κ1) is 18.5. The normalized spacial score (nSPS) is 12.0. The fourth-order valence-corrected chi connectivity index (χ4v) is 1.99. The van der Waals surface area contributed by atoms with E-state index in [1.54, 1.807) is 0 Å². The fourth-order valence-electron chi connectivity index (χ4n) is 1.73. The molecule has 0 saturated heterocycles. The standard InChI is InChI=1S/C16H25BrN4O/c1-5-18-15(20-11-14(22)21-16(2,3)4)19-10-12-6-8-13(17)9-7-12/h6-9H,5,10-11H2,1-4H3,(H,21,22)(H2,18,19,20). The van der Waals surface area contributed by atoms with Gasteiger partial charge in [0.05, 0.1) is 13.1 Å². The van der Waals surface area contributed by atoms with E-state index in [-0.39, 0.29) is 18.0 Å². The molecule has 1 aromatic carbocycles. The average Bonchev–Trinajstić information content (AvgIpc) is 2.42. The van der Waals surface area contributed by atoms with Crippen molar-refractivity contribution in [2.45, 2.75) is 39.8 Å². The molecule has 0 unspecified atom stereocenters. The SMILES string of the molecule is CCNC(=NCc1ccc(Br)cc1)NCC(=O)NC(C)(C)C. The maximum absolute atomic E-state index is 11.8. The predicted octanol–water partition coefficient (Wildman–Crippen LogP) is 2.42. The Labute approximate surface area is 141 Å². The first-order chi connectivity index (χ1) is 10.3. The number of benzene rings is 1. The van der Waals surface area contributed by atoms with Crippen molar-refractivity contribution in [3.63, 3.8) is 0 Å². The number of nitrogens with zero attached hydrogens (tertiary/aromatic N) is 1. The second-order valence-electron chi connectivity index (χ2n) is 5.97. The van der Waals surface area contributed by atoms with Gasteiger partial charge in [0.2, 0.25) is 5.91 Å². The van der Waals surface area contributed by atoms with E-state index in [9.17, 15) is 4.79 Å². The van der Waals surface area contributed by atoms with Crippen molar-refractivity contribution >= 4 is 27.8 Å². The number of aliphatic imine (C=N–C) groups is 1. The average molecular weight is 369 g/mol. The number of halogens is 1. The van der Waals surface area contributed by atoms with Crippen molar-refractivity contribution in [1.29, 1.82) is 0 Å². The molecule has 0 aromatic heterocycles. The molecule has 122 valence electrons. The minimum Gasteiger partial charge on any atom is -0.357 e. The zero-order valence-electron chi connectivity index (χ0n) is 13.7. The highest BCUT2D eigenvalue weighted by molar-refractivity contribution is 9.10. The molecule has 0 spiro atoms. The second-order valence-corrected chi connectivity index (χ2v) is 6.89. The summed E-state index contributed by atoms with van der Waals surface area (Å²) in [5.74, 6) is 0.580. The molecule has 1 aromatic rings. The molecule has 0 aliphatic carbocycles. The van der Waals surface area contributed by atoms with E-state index in [1.165, 1.54) is 0 Å². The molecule has 0 radical (unpaired) electrons. The van der Waals surface area contributed by atoms with Gasteiger partial charge < -0.3 is 16.0 Å². The van der Waals surface area contributed by atoms with Crippen molar-refractivity contribution < 1.29 is 4.79 Å². The van der Waals surface area contributed by atoms with Gasteiger partial charge in [-0.2, -0.15) is 0 Å². The molecule has 1 rings (SSSR count). The molecular formula is C16H25BrN4O. The number of hydrogen-bond donors (Lipinski definition) is 3. The number of rotatable bonds is 5. The topological polar surface area (TPSA) is 65.5 Å². The molecule has 22 heavy (non-hydrogen) atoms. The van der Waals surface area contributed by atoms with Crippen LogP contribution in [0.4, 0.5) is 0 Å². The molecule has 0 atom stereocenters. The maximum Gasteiger partial charge on any atom is 0.239 e. The van der Waals surface area contributed by atoms with Crippen LogP contribution >= 0.6 is 15.9 Å². The molecule has 1 amide bonds. The molecule has 0 heterocycles. The number of guanidine groups is 1. The van der Waals surface area contributed by atoms with E-state index in [0.29, 0.717) is 12.5 Å². The summed E-state index contributed by atoms with van der Waals surface area (Å²) in [4.78, 5) is 16.3. The van der Waals surface area contributed by atoms with Gasteiger partial charge in [0, 0.05) is 16.6 Å². The van der Waals surface area contributed by atoms with E-state index in [4.69, 9.17) is 0 Å². The van der Waals surface area contributed by atoms with Crippen LogP contribution in [0.5, 0.6) is 0 Å². The molecule has 6 heteroatoms. The third-order valence-corrected chi connectivity index (χ3v) is 3.14. The lowest BCUT2D eigenvalue weighted by Crippen LogP contribution is -2.48. The van der Waals surface area contributed by atoms with Gasteiger partial charge in [-0.25, -0.2) is 4.99 Å². The van der Waals surface area contributed by atoms with E-state index >= 15 is 0 Å². The van der Waals surface area contributed by atoms with Crippen molar-refractivity contribution in [2.75, 3.05) is 13.1 Å². The van der Waals surface area contributed by atoms with E-state index in [2.05, 4.69) is 36.9 Å². The van der Waals surface area contributed by atoms with Crippen LogP contribution in [0.3, 0.4) is 0 Å². The van der Waals surface area contributed by atoms with Gasteiger partial charge in [0.15, 0.2) is 5.96 Å². The number of amides is 1. The first-order valence-corrected chi connectivity index (χ1v) is 8.17. The predicted molar refractivity (Wildman–Crippen MR) is 94.9 cm³/mol. The van der Waals surface area contributed by atoms with Crippen LogP contribution in [0.15, 0.2) is 33.7 Å². The van der Waals surface area contributed by atoms with Gasteiger partial charge in [0.1, 0.15) is 0 Å². The Balaban J connectivity index is 2.55. The highest BCUT2D eigenvalue weighted by Gasteiger charge is 2.13. The second kappa shape index (κ2) is 8.78. The molecule has 0 saturated carbocycles. The van der Waals surface area contributed by atoms with Crippen molar-refractivity contribution in [2.24, 2.45) is 4.99 Å². The molecular weight excluding hydrogens is 344 g/mol. The Kier molecular flexibility index (Phi) is 7.38. The summed E-state index contributed by atoms with van der Waals surface area (Å²) in [7, 11) is 0. The van der Waals surface area contributed by atoms with Gasteiger partial charge in [-0.15, -0.1) is 0 Å². The van der Waals surface area contributed by atoms with Crippen LogP contribution in [0.25, 0.3) is 0 Å². The van der Waals surface area contributed by atoms with Gasteiger partial charge in [0.25, 0.3) is 0 Å². The summed E-state index contributed by atoms with van der Waals surface area (Å²) in [6.07, 6.45) is 0. The quantitative estimate of drug-likeness (QED) is 0.552. The maximum atomic E-state index is 11.8. The lowest BCUT2D eigenvalue weighted by Gasteiger charge is -2.21. The van der Waals surface area contributed by atoms with Crippen LogP contribution in [-0.2, 0) is 11.3 Å². The number of hydrogen-bond acceptors (Lipinski definition) is 2. The zero-order valence-corrected chi connectivity index (χ0v) is 15.3. The summed E-state index contributed by atoms with van der Waals surface area (Å²) in [5.41, 5.74) is 0.880. The molecule has 3 N–H and O–H groups in total. The summed E-state index contributed by atoms with van der Waals surface area (Å²) < 4.78 is 1.05. The smallest absolute Gasteiger partial charge is 0.239 e. The van der Waals surface area contributed by atoms with Crippen LogP contribution in [-0.4, -0.2) is 30.5 Å². The Morgan fingerprint density at radius 2 is 1.82 bits per heavy atom. The van der Waals surface area contributed by atoms with Crippen LogP contribution < -0.4 is 16.0 Å². The Hall–Kier alpha value is -1.56. The van der Waals surface area contributed by atoms with Crippen LogP contribution in [0.2, 0.25) is 0 Å². The molecule has 0 aliphatic heterocycles. The molecule has 0 fully saturated rings. The van der Waals surface area contributed by atoms with E-state index in [0.717, 1.165) is 16.6 Å². The van der Waals surface area contributed by atoms with Crippen molar-refractivity contribution in [1.82, 2.24) is 16.0 Å².